The van der Waals surface area contributed by atoms with E-state index in [0.717, 1.165) is 102 Å². The molecule has 19 heteroatoms. The van der Waals surface area contributed by atoms with E-state index in [0.29, 0.717) is 31.6 Å². The fourth-order valence-electron chi connectivity index (χ4n) is 9.27. The molecule has 0 radical (unpaired) electrons. The SMILES string of the molecule is CCCCCCCCCCCC(=O)OC[C@H](COP(=O)(O)OC[C@H](O)COP(=O)(O)OC[C@@H](COC(=O)CCCCCCCCCCC(C)CC)OC(=O)CCCCCCCCCCCC(C)C)OC(=O)CCCCCCCCC(C)C. The number of aliphatic hydroxyl groups is 1. The molecule has 82 heavy (non-hydrogen) atoms. The lowest BCUT2D eigenvalue weighted by molar-refractivity contribution is -0.161. The van der Waals surface area contributed by atoms with Gasteiger partial charge in [0, 0.05) is 25.7 Å². The summed E-state index contributed by atoms with van der Waals surface area (Å²) in [4.78, 5) is 72.1. The van der Waals surface area contributed by atoms with E-state index in [1.165, 1.54) is 116 Å². The van der Waals surface area contributed by atoms with Crippen molar-refractivity contribution in [2.75, 3.05) is 39.6 Å². The Morgan fingerprint density at radius 1 is 0.354 bits per heavy atom. The van der Waals surface area contributed by atoms with E-state index >= 15 is 0 Å². The van der Waals surface area contributed by atoms with Gasteiger partial charge < -0.3 is 33.8 Å². The van der Waals surface area contributed by atoms with Gasteiger partial charge in [-0.1, -0.05) is 254 Å². The third kappa shape index (κ3) is 55.9. The summed E-state index contributed by atoms with van der Waals surface area (Å²) in [6.07, 6.45) is 34.9. The summed E-state index contributed by atoms with van der Waals surface area (Å²) in [5.74, 6) is 0.0410. The second-order valence-corrected chi connectivity index (χ2v) is 26.9. The molecule has 3 N–H and O–H groups in total. The number of hydrogen-bond acceptors (Lipinski definition) is 15. The molecule has 0 aliphatic rings. The second kappa shape index (κ2) is 54.5. The fourth-order valence-corrected chi connectivity index (χ4v) is 10.9. The summed E-state index contributed by atoms with van der Waals surface area (Å²) in [6.45, 7) is 11.7. The minimum Gasteiger partial charge on any atom is -0.462 e. The highest BCUT2D eigenvalue weighted by molar-refractivity contribution is 7.47. The van der Waals surface area contributed by atoms with Gasteiger partial charge in [0.1, 0.15) is 19.3 Å². The van der Waals surface area contributed by atoms with Gasteiger partial charge >= 0.3 is 39.5 Å². The Morgan fingerprint density at radius 2 is 0.622 bits per heavy atom. The van der Waals surface area contributed by atoms with E-state index in [9.17, 15) is 43.2 Å². The minimum atomic E-state index is -4.94. The number of unbranched alkanes of at least 4 members (excludes halogenated alkanes) is 28. The lowest BCUT2D eigenvalue weighted by Crippen LogP contribution is -2.30. The number of aliphatic hydroxyl groups excluding tert-OH is 1. The van der Waals surface area contributed by atoms with E-state index < -0.39 is 97.5 Å². The van der Waals surface area contributed by atoms with E-state index in [1.54, 1.807) is 0 Å². The van der Waals surface area contributed by atoms with Crippen LogP contribution in [0.5, 0.6) is 0 Å². The fraction of sp³-hybridized carbons (Fsp3) is 0.937. The maximum Gasteiger partial charge on any atom is 0.472 e. The predicted octanol–water partition coefficient (Wildman–Crippen LogP) is 17.1. The summed E-state index contributed by atoms with van der Waals surface area (Å²) in [6, 6.07) is 0. The lowest BCUT2D eigenvalue weighted by atomic mass is 9.99. The van der Waals surface area contributed by atoms with E-state index in [-0.39, 0.29) is 25.7 Å². The van der Waals surface area contributed by atoms with Crippen molar-refractivity contribution < 1.29 is 80.2 Å². The molecule has 0 saturated carbocycles. The third-order valence-electron chi connectivity index (χ3n) is 14.7. The van der Waals surface area contributed by atoms with Crippen LogP contribution in [0.25, 0.3) is 0 Å². The Morgan fingerprint density at radius 3 is 0.927 bits per heavy atom. The van der Waals surface area contributed by atoms with Gasteiger partial charge in [0.15, 0.2) is 12.2 Å². The quantitative estimate of drug-likeness (QED) is 0.0222. The molecule has 0 aromatic carbocycles. The van der Waals surface area contributed by atoms with Crippen molar-refractivity contribution in [3.05, 3.63) is 0 Å². The first-order valence-corrected chi connectivity index (χ1v) is 35.9. The van der Waals surface area contributed by atoms with Crippen LogP contribution in [0.1, 0.15) is 305 Å². The Balaban J connectivity index is 5.24. The molecule has 17 nitrogen and oxygen atoms in total. The summed E-state index contributed by atoms with van der Waals surface area (Å²) < 4.78 is 67.9. The molecule has 6 atom stereocenters. The monoisotopic (exact) mass is 1210 g/mol. The summed E-state index contributed by atoms with van der Waals surface area (Å²) in [7, 11) is -9.88. The predicted molar refractivity (Wildman–Crippen MR) is 326 cm³/mol. The summed E-state index contributed by atoms with van der Waals surface area (Å²) in [5.41, 5.74) is 0. The number of rotatable bonds is 61. The van der Waals surface area contributed by atoms with Crippen LogP contribution in [0.3, 0.4) is 0 Å². The zero-order chi connectivity index (χ0) is 61.0. The van der Waals surface area contributed by atoms with Gasteiger partial charge in [0.2, 0.25) is 0 Å². The number of ether oxygens (including phenoxy) is 4. The Bertz CT molecular complexity index is 1630. The highest BCUT2D eigenvalue weighted by atomic mass is 31.2. The molecule has 0 spiro atoms. The smallest absolute Gasteiger partial charge is 0.462 e. The number of carbonyl (C=O) groups excluding carboxylic acids is 4. The molecule has 3 unspecified atom stereocenters. The van der Waals surface area contributed by atoms with Crippen molar-refractivity contribution in [1.29, 1.82) is 0 Å². The standard InChI is InChI=1S/C63H122O17P2/c1-8-10-11-12-13-15-22-30-37-44-60(65)73-51-59(80-63(68)47-40-33-26-25-28-35-42-55(5)6)53-78-82(71,72)76-49-57(64)48-75-81(69,70)77-52-58(79-62(67)46-39-32-24-17-14-16-20-27-34-41-54(3)4)50-74-61(66)45-38-31-23-19-18-21-29-36-43-56(7)9-2/h54-59,64H,8-53H2,1-7H3,(H,69,70)(H,71,72)/t56?,57-,58-,59-/m1/s1. The highest BCUT2D eigenvalue weighted by Crippen LogP contribution is 2.45. The highest BCUT2D eigenvalue weighted by Gasteiger charge is 2.30. The minimum absolute atomic E-state index is 0.102. The second-order valence-electron chi connectivity index (χ2n) is 24.0. The molecule has 0 bridgehead atoms. The van der Waals surface area contributed by atoms with Crippen LogP contribution >= 0.6 is 15.6 Å². The molecule has 0 aromatic heterocycles. The number of esters is 4. The average molecular weight is 1210 g/mol. The van der Waals surface area contributed by atoms with Crippen molar-refractivity contribution >= 4 is 39.5 Å². The Hall–Kier alpha value is -1.94. The van der Waals surface area contributed by atoms with Crippen molar-refractivity contribution in [3.8, 4) is 0 Å². The largest absolute Gasteiger partial charge is 0.472 e. The zero-order valence-electron chi connectivity index (χ0n) is 52.9. The van der Waals surface area contributed by atoms with Gasteiger partial charge in [0.05, 0.1) is 26.4 Å². The lowest BCUT2D eigenvalue weighted by Gasteiger charge is -2.21. The normalized spacial score (nSPS) is 14.7. The van der Waals surface area contributed by atoms with E-state index in [4.69, 9.17) is 37.0 Å². The maximum atomic E-state index is 13.0. The van der Waals surface area contributed by atoms with Crippen LogP contribution in [0.15, 0.2) is 0 Å². The van der Waals surface area contributed by atoms with Crippen LogP contribution in [0.4, 0.5) is 0 Å². The van der Waals surface area contributed by atoms with Crippen LogP contribution in [0.2, 0.25) is 0 Å². The van der Waals surface area contributed by atoms with Crippen LogP contribution < -0.4 is 0 Å². The van der Waals surface area contributed by atoms with Crippen molar-refractivity contribution in [2.24, 2.45) is 17.8 Å². The summed E-state index contributed by atoms with van der Waals surface area (Å²) in [5, 5.41) is 10.5. The molecular weight excluding hydrogens is 1090 g/mol. The maximum absolute atomic E-state index is 13.0. The van der Waals surface area contributed by atoms with Crippen LogP contribution in [-0.2, 0) is 65.4 Å². The molecule has 0 aromatic rings. The topological polar surface area (TPSA) is 237 Å². The van der Waals surface area contributed by atoms with Crippen molar-refractivity contribution in [1.82, 2.24) is 0 Å². The Kier molecular flexibility index (Phi) is 53.2. The average Bonchev–Trinajstić information content (AvgIpc) is 3.45. The van der Waals surface area contributed by atoms with Gasteiger partial charge in [-0.2, -0.15) is 0 Å². The molecule has 0 aliphatic carbocycles. The van der Waals surface area contributed by atoms with Gasteiger partial charge in [-0.25, -0.2) is 9.13 Å². The first-order valence-electron chi connectivity index (χ1n) is 32.9. The number of phosphoric ester groups is 2. The molecule has 0 saturated heterocycles. The number of hydrogen-bond donors (Lipinski definition) is 3. The van der Waals surface area contributed by atoms with E-state index in [2.05, 4.69) is 48.5 Å². The molecule has 0 amide bonds. The first kappa shape index (κ1) is 80.1. The Labute approximate surface area is 498 Å². The number of carbonyl (C=O) groups is 4. The van der Waals surface area contributed by atoms with Crippen molar-refractivity contribution in [3.63, 3.8) is 0 Å². The molecule has 0 heterocycles. The van der Waals surface area contributed by atoms with Crippen molar-refractivity contribution in [2.45, 2.75) is 324 Å². The molecule has 0 fully saturated rings. The van der Waals surface area contributed by atoms with Gasteiger partial charge in [0.25, 0.3) is 0 Å². The van der Waals surface area contributed by atoms with Crippen LogP contribution in [0, 0.1) is 17.8 Å². The molecule has 0 aliphatic heterocycles. The molecule has 486 valence electrons. The van der Waals surface area contributed by atoms with Gasteiger partial charge in [-0.15, -0.1) is 0 Å². The van der Waals surface area contributed by atoms with Crippen LogP contribution in [-0.4, -0.2) is 96.7 Å². The number of phosphoric acid groups is 2. The van der Waals surface area contributed by atoms with E-state index in [1.807, 2.05) is 0 Å². The first-order chi connectivity index (χ1) is 39.3. The summed E-state index contributed by atoms with van der Waals surface area (Å²) >= 11 is 0. The third-order valence-corrected chi connectivity index (χ3v) is 16.6. The van der Waals surface area contributed by atoms with Gasteiger partial charge in [-0.05, 0) is 43.4 Å². The molecular formula is C63H122O17P2. The molecule has 0 rings (SSSR count). The zero-order valence-corrected chi connectivity index (χ0v) is 54.7. The van der Waals surface area contributed by atoms with Gasteiger partial charge in [-0.3, -0.25) is 37.3 Å².